The van der Waals surface area contributed by atoms with Crippen molar-refractivity contribution in [1.82, 2.24) is 4.57 Å². The van der Waals surface area contributed by atoms with Crippen molar-refractivity contribution in [2.75, 3.05) is 6.61 Å². The predicted octanol–water partition coefficient (Wildman–Crippen LogP) is 1.23. The molecule has 1 rings (SSSR count). The molecule has 1 aromatic rings. The summed E-state index contributed by atoms with van der Waals surface area (Å²) in [6.07, 6.45) is 0.749. The lowest BCUT2D eigenvalue weighted by Crippen LogP contribution is -2.18. The molecule has 0 saturated heterocycles. The van der Waals surface area contributed by atoms with Crippen molar-refractivity contribution in [2.45, 2.75) is 13.8 Å². The molecule has 0 radical (unpaired) electrons. The van der Waals surface area contributed by atoms with Gasteiger partial charge in [-0.05, 0) is 13.8 Å². The van der Waals surface area contributed by atoms with E-state index >= 15 is 0 Å². The maximum Gasteiger partial charge on any atom is 0.514 e. The molecule has 0 bridgehead atoms. The lowest BCUT2D eigenvalue weighted by molar-refractivity contribution is 0.103. The van der Waals surface area contributed by atoms with Gasteiger partial charge in [0.15, 0.2) is 0 Å². The maximum absolute atomic E-state index is 11.4. The molecule has 5 heteroatoms. The summed E-state index contributed by atoms with van der Waals surface area (Å²) in [6, 6.07) is 1.33. The topological polar surface area (TPSA) is 57.5 Å². The number of ether oxygens (including phenoxy) is 2. The quantitative estimate of drug-likeness (QED) is 0.690. The molecule has 0 aliphatic heterocycles. The molecule has 0 N–H and O–H groups in total. The van der Waals surface area contributed by atoms with Crippen molar-refractivity contribution in [3.63, 3.8) is 0 Å². The predicted molar refractivity (Wildman–Crippen MR) is 54.1 cm³/mol. The van der Waals surface area contributed by atoms with E-state index in [-0.39, 0.29) is 17.8 Å². The van der Waals surface area contributed by atoms with Crippen LogP contribution in [0.15, 0.2) is 17.1 Å². The monoisotopic (exact) mass is 211 g/mol. The Morgan fingerprint density at radius 1 is 1.53 bits per heavy atom. The molecular formula is C10H13NO4. The summed E-state index contributed by atoms with van der Waals surface area (Å²) in [5, 5.41) is 0. The van der Waals surface area contributed by atoms with E-state index in [2.05, 4.69) is 4.74 Å². The van der Waals surface area contributed by atoms with E-state index in [0.29, 0.717) is 5.69 Å². The average Bonchev–Trinajstić information content (AvgIpc) is 2.19. The van der Waals surface area contributed by atoms with Crippen LogP contribution < -0.4 is 10.2 Å². The molecule has 0 amide bonds. The van der Waals surface area contributed by atoms with Gasteiger partial charge in [0.25, 0.3) is 0 Å². The fourth-order valence-corrected chi connectivity index (χ4v) is 1.06. The van der Waals surface area contributed by atoms with Crippen LogP contribution in [-0.4, -0.2) is 17.3 Å². The van der Waals surface area contributed by atoms with E-state index < -0.39 is 6.16 Å². The fraction of sp³-hybridized carbons (Fsp3) is 0.400. The van der Waals surface area contributed by atoms with Crippen molar-refractivity contribution in [3.8, 4) is 5.75 Å². The first-order chi connectivity index (χ1) is 7.06. The van der Waals surface area contributed by atoms with E-state index in [0.717, 1.165) is 0 Å². The van der Waals surface area contributed by atoms with Gasteiger partial charge < -0.3 is 14.0 Å². The van der Waals surface area contributed by atoms with Crippen molar-refractivity contribution in [1.29, 1.82) is 0 Å². The second kappa shape index (κ2) is 4.63. The molecule has 0 saturated carbocycles. The lowest BCUT2D eigenvalue weighted by Gasteiger charge is -2.09. The number of aryl methyl sites for hydroxylation is 1. The summed E-state index contributed by atoms with van der Waals surface area (Å²) in [5.74, 6) is 0.0125. The molecular weight excluding hydrogens is 198 g/mol. The van der Waals surface area contributed by atoms with E-state index in [9.17, 15) is 9.59 Å². The van der Waals surface area contributed by atoms with Gasteiger partial charge in [-0.15, -0.1) is 0 Å². The maximum atomic E-state index is 11.4. The normalized spacial score (nSPS) is 9.80. The zero-order valence-electron chi connectivity index (χ0n) is 8.94. The Morgan fingerprint density at radius 2 is 2.20 bits per heavy atom. The Balaban J connectivity index is 2.99. The highest BCUT2D eigenvalue weighted by atomic mass is 16.7. The van der Waals surface area contributed by atoms with Gasteiger partial charge in [-0.25, -0.2) is 4.79 Å². The summed E-state index contributed by atoms with van der Waals surface area (Å²) >= 11 is 0. The van der Waals surface area contributed by atoms with Gasteiger partial charge in [-0.2, -0.15) is 0 Å². The smallest absolute Gasteiger partial charge is 0.434 e. The minimum absolute atomic E-state index is 0.0125. The highest BCUT2D eigenvalue weighted by Crippen LogP contribution is 2.10. The van der Waals surface area contributed by atoms with Gasteiger partial charge >= 0.3 is 6.16 Å². The second-order valence-electron chi connectivity index (χ2n) is 2.99. The number of rotatable bonds is 2. The van der Waals surface area contributed by atoms with Crippen LogP contribution in [0.3, 0.4) is 0 Å². The molecule has 5 nitrogen and oxygen atoms in total. The molecule has 0 spiro atoms. The van der Waals surface area contributed by atoms with E-state index in [1.165, 1.54) is 6.07 Å². The summed E-state index contributed by atoms with van der Waals surface area (Å²) in [7, 11) is 1.76. The van der Waals surface area contributed by atoms with Crippen molar-refractivity contribution in [2.24, 2.45) is 7.05 Å². The zero-order chi connectivity index (χ0) is 11.4. The van der Waals surface area contributed by atoms with Crippen LogP contribution in [0.2, 0.25) is 0 Å². The third-order valence-corrected chi connectivity index (χ3v) is 1.98. The second-order valence-corrected chi connectivity index (χ2v) is 2.99. The Hall–Kier alpha value is -1.78. The summed E-state index contributed by atoms with van der Waals surface area (Å²) in [4.78, 5) is 22.4. The molecule has 0 aliphatic rings. The number of aromatic nitrogens is 1. The lowest BCUT2D eigenvalue weighted by atomic mass is 10.3. The van der Waals surface area contributed by atoms with Gasteiger partial charge in [-0.1, -0.05) is 0 Å². The SMILES string of the molecule is CCOC(=O)Oc1c(C)n(C)ccc1=O. The first-order valence-corrected chi connectivity index (χ1v) is 4.57. The van der Waals surface area contributed by atoms with Crippen LogP contribution in [0.25, 0.3) is 0 Å². The number of pyridine rings is 1. The van der Waals surface area contributed by atoms with Gasteiger partial charge in [0.1, 0.15) is 0 Å². The van der Waals surface area contributed by atoms with Crippen LogP contribution in [0.5, 0.6) is 5.75 Å². The Labute approximate surface area is 87.2 Å². The number of carbonyl (C=O) groups excluding carboxylic acids is 1. The van der Waals surface area contributed by atoms with Crippen LogP contribution in [0.4, 0.5) is 4.79 Å². The summed E-state index contributed by atoms with van der Waals surface area (Å²) < 4.78 is 11.1. The highest BCUT2D eigenvalue weighted by Gasteiger charge is 2.12. The summed E-state index contributed by atoms with van der Waals surface area (Å²) in [5.41, 5.74) is 0.245. The Kier molecular flexibility index (Phi) is 3.49. The van der Waals surface area contributed by atoms with E-state index in [4.69, 9.17) is 4.74 Å². The third kappa shape index (κ3) is 2.59. The van der Waals surface area contributed by atoms with E-state index in [1.54, 1.807) is 31.7 Å². The van der Waals surface area contributed by atoms with Crippen LogP contribution in [0, 0.1) is 6.92 Å². The number of carbonyl (C=O) groups is 1. The average molecular weight is 211 g/mol. The first-order valence-electron chi connectivity index (χ1n) is 4.57. The van der Waals surface area contributed by atoms with Crippen molar-refractivity contribution in [3.05, 3.63) is 28.2 Å². The number of hydrogen-bond acceptors (Lipinski definition) is 4. The first kappa shape index (κ1) is 11.3. The minimum atomic E-state index is -0.857. The minimum Gasteiger partial charge on any atom is -0.434 e. The molecule has 15 heavy (non-hydrogen) atoms. The van der Waals surface area contributed by atoms with Gasteiger partial charge in [-0.3, -0.25) is 4.79 Å². The fourth-order valence-electron chi connectivity index (χ4n) is 1.06. The van der Waals surface area contributed by atoms with Gasteiger partial charge in [0, 0.05) is 19.3 Å². The highest BCUT2D eigenvalue weighted by molar-refractivity contribution is 5.64. The largest absolute Gasteiger partial charge is 0.514 e. The number of nitrogens with zero attached hydrogens (tertiary/aromatic N) is 1. The molecule has 0 aliphatic carbocycles. The molecule has 0 unspecified atom stereocenters. The van der Waals surface area contributed by atoms with Gasteiger partial charge in [0.05, 0.1) is 12.3 Å². The molecule has 82 valence electrons. The van der Waals surface area contributed by atoms with Gasteiger partial charge in [0.2, 0.25) is 11.2 Å². The van der Waals surface area contributed by atoms with Crippen molar-refractivity contribution < 1.29 is 14.3 Å². The molecule has 1 heterocycles. The van der Waals surface area contributed by atoms with Crippen LogP contribution in [-0.2, 0) is 11.8 Å². The Bertz CT molecular complexity index is 422. The molecule has 1 aromatic heterocycles. The molecule has 0 atom stereocenters. The third-order valence-electron chi connectivity index (χ3n) is 1.98. The van der Waals surface area contributed by atoms with E-state index in [1.807, 2.05) is 0 Å². The van der Waals surface area contributed by atoms with Crippen LogP contribution in [0.1, 0.15) is 12.6 Å². The van der Waals surface area contributed by atoms with Crippen molar-refractivity contribution >= 4 is 6.16 Å². The standard InChI is InChI=1S/C10H13NO4/c1-4-14-10(13)15-9-7(2)11(3)6-5-8(9)12/h5-6H,4H2,1-3H3. The zero-order valence-corrected chi connectivity index (χ0v) is 8.94. The molecule has 0 aromatic carbocycles. The number of hydrogen-bond donors (Lipinski definition) is 0. The molecule has 0 fully saturated rings. The summed E-state index contributed by atoms with van der Waals surface area (Å²) in [6.45, 7) is 3.57. The van der Waals surface area contributed by atoms with Crippen LogP contribution >= 0.6 is 0 Å². The Morgan fingerprint density at radius 3 is 2.80 bits per heavy atom.